The van der Waals surface area contributed by atoms with Gasteiger partial charge in [0, 0.05) is 19.1 Å². The third kappa shape index (κ3) is 3.15. The summed E-state index contributed by atoms with van der Waals surface area (Å²) in [5, 5.41) is 3.60. The molecule has 2 unspecified atom stereocenters. The van der Waals surface area contributed by atoms with E-state index in [-0.39, 0.29) is 5.69 Å². The van der Waals surface area contributed by atoms with Crippen molar-refractivity contribution in [3.8, 4) is 0 Å². The van der Waals surface area contributed by atoms with Gasteiger partial charge < -0.3 is 15.0 Å². The molecule has 0 aromatic carbocycles. The van der Waals surface area contributed by atoms with Crippen LogP contribution in [0.1, 0.15) is 36.2 Å². The number of aromatic nitrogens is 2. The van der Waals surface area contributed by atoms with Gasteiger partial charge >= 0.3 is 5.97 Å². The summed E-state index contributed by atoms with van der Waals surface area (Å²) in [6.45, 7) is 3.10. The second-order valence-electron chi connectivity index (χ2n) is 5.81. The number of rotatable bonds is 3. The van der Waals surface area contributed by atoms with Crippen LogP contribution in [0.15, 0.2) is 12.4 Å². The van der Waals surface area contributed by atoms with Crippen molar-refractivity contribution < 1.29 is 9.53 Å². The van der Waals surface area contributed by atoms with Crippen LogP contribution < -0.4 is 10.2 Å². The Morgan fingerprint density at radius 1 is 1.38 bits per heavy atom. The lowest BCUT2D eigenvalue weighted by Crippen LogP contribution is -2.44. The van der Waals surface area contributed by atoms with E-state index in [9.17, 15) is 4.79 Å². The van der Waals surface area contributed by atoms with Crippen molar-refractivity contribution in [3.63, 3.8) is 0 Å². The summed E-state index contributed by atoms with van der Waals surface area (Å²) >= 11 is 0. The molecule has 0 amide bonds. The van der Waals surface area contributed by atoms with Crippen LogP contribution in [0.25, 0.3) is 0 Å². The van der Waals surface area contributed by atoms with Crippen LogP contribution >= 0.6 is 0 Å². The predicted octanol–water partition coefficient (Wildman–Crippen LogP) is 1.23. The molecule has 2 aliphatic heterocycles. The minimum atomic E-state index is -0.435. The van der Waals surface area contributed by atoms with Gasteiger partial charge in [0.05, 0.1) is 19.5 Å². The van der Waals surface area contributed by atoms with Gasteiger partial charge in [-0.25, -0.2) is 9.78 Å². The number of piperidine rings is 1. The van der Waals surface area contributed by atoms with E-state index in [0.717, 1.165) is 31.9 Å². The quantitative estimate of drug-likeness (QED) is 0.845. The predicted molar refractivity (Wildman–Crippen MR) is 79.3 cm³/mol. The summed E-state index contributed by atoms with van der Waals surface area (Å²) in [5.74, 6) is 1.00. The zero-order valence-electron chi connectivity index (χ0n) is 12.4. The molecule has 3 rings (SSSR count). The summed E-state index contributed by atoms with van der Waals surface area (Å²) in [4.78, 5) is 22.3. The Hall–Kier alpha value is -1.69. The first-order chi connectivity index (χ1) is 10.3. The van der Waals surface area contributed by atoms with E-state index in [4.69, 9.17) is 4.74 Å². The average Bonchev–Trinajstić information content (AvgIpc) is 3.09. The summed E-state index contributed by atoms with van der Waals surface area (Å²) in [5.41, 5.74) is 0.274. The topological polar surface area (TPSA) is 67.3 Å². The zero-order chi connectivity index (χ0) is 14.7. The summed E-state index contributed by atoms with van der Waals surface area (Å²) in [7, 11) is 1.36. The number of methoxy groups -OCH3 is 1. The largest absolute Gasteiger partial charge is 0.464 e. The fourth-order valence-corrected chi connectivity index (χ4v) is 3.37. The third-order valence-electron chi connectivity index (χ3n) is 4.47. The van der Waals surface area contributed by atoms with Crippen molar-refractivity contribution in [1.29, 1.82) is 0 Å². The molecule has 114 valence electrons. The summed E-state index contributed by atoms with van der Waals surface area (Å²) in [6.07, 6.45) is 8.16. The molecule has 1 aromatic rings. The molecule has 0 radical (unpaired) electrons. The molecule has 2 atom stereocenters. The van der Waals surface area contributed by atoms with Crippen LogP contribution in [0.5, 0.6) is 0 Å². The second kappa shape index (κ2) is 6.39. The molecule has 2 aliphatic rings. The molecule has 2 saturated heterocycles. The lowest BCUT2D eigenvalue weighted by Gasteiger charge is -2.36. The van der Waals surface area contributed by atoms with Crippen molar-refractivity contribution in [2.75, 3.05) is 31.6 Å². The Balaban J connectivity index is 1.72. The number of esters is 1. The first-order valence-corrected chi connectivity index (χ1v) is 7.66. The maximum atomic E-state index is 11.6. The minimum Gasteiger partial charge on any atom is -0.464 e. The molecule has 6 nitrogen and oxygen atoms in total. The van der Waals surface area contributed by atoms with Crippen molar-refractivity contribution >= 4 is 11.8 Å². The number of carbonyl (C=O) groups excluding carboxylic acids is 1. The van der Waals surface area contributed by atoms with Gasteiger partial charge in [-0.2, -0.15) is 0 Å². The van der Waals surface area contributed by atoms with Gasteiger partial charge in [0.1, 0.15) is 5.82 Å². The van der Waals surface area contributed by atoms with Gasteiger partial charge in [0.2, 0.25) is 0 Å². The highest BCUT2D eigenvalue weighted by Crippen LogP contribution is 2.27. The Morgan fingerprint density at radius 2 is 2.29 bits per heavy atom. The standard InChI is InChI=1S/C15H22N4O2/c1-21-15(20)13-8-16-9-14(18-13)19-7-3-4-11(10-19)12-5-2-6-17-12/h8-9,11-12,17H,2-7,10H2,1H3. The molecule has 0 bridgehead atoms. The van der Waals surface area contributed by atoms with Gasteiger partial charge in [0.15, 0.2) is 5.69 Å². The molecule has 2 fully saturated rings. The molecule has 0 spiro atoms. The van der Waals surface area contributed by atoms with Crippen molar-refractivity contribution in [2.24, 2.45) is 5.92 Å². The molecule has 0 saturated carbocycles. The molecule has 0 aliphatic carbocycles. The lowest BCUT2D eigenvalue weighted by molar-refractivity contribution is 0.0593. The van der Waals surface area contributed by atoms with Gasteiger partial charge in [-0.15, -0.1) is 0 Å². The molecule has 1 aromatic heterocycles. The molecule has 3 heterocycles. The van der Waals surface area contributed by atoms with Crippen LogP contribution in [-0.2, 0) is 4.74 Å². The van der Waals surface area contributed by atoms with E-state index < -0.39 is 5.97 Å². The average molecular weight is 290 g/mol. The molecule has 6 heteroatoms. The van der Waals surface area contributed by atoms with Crippen molar-refractivity contribution in [3.05, 3.63) is 18.1 Å². The fraction of sp³-hybridized carbons (Fsp3) is 0.667. The third-order valence-corrected chi connectivity index (χ3v) is 4.47. The van der Waals surface area contributed by atoms with Gasteiger partial charge in [-0.3, -0.25) is 4.98 Å². The summed E-state index contributed by atoms with van der Waals surface area (Å²) in [6, 6.07) is 0.629. The molecular formula is C15H22N4O2. The van der Waals surface area contributed by atoms with E-state index in [1.807, 2.05) is 0 Å². The molecule has 21 heavy (non-hydrogen) atoms. The number of hydrogen-bond acceptors (Lipinski definition) is 6. The Morgan fingerprint density at radius 3 is 3.05 bits per heavy atom. The van der Waals surface area contributed by atoms with E-state index in [2.05, 4.69) is 20.2 Å². The Labute approximate surface area is 124 Å². The normalized spacial score (nSPS) is 25.9. The first kappa shape index (κ1) is 14.3. The van der Waals surface area contributed by atoms with E-state index >= 15 is 0 Å². The highest BCUT2D eigenvalue weighted by Gasteiger charge is 2.29. The minimum absolute atomic E-state index is 0.274. The smallest absolute Gasteiger partial charge is 0.358 e. The van der Waals surface area contributed by atoms with Crippen LogP contribution in [0.4, 0.5) is 5.82 Å². The Kier molecular flexibility index (Phi) is 4.34. The highest BCUT2D eigenvalue weighted by molar-refractivity contribution is 5.87. The Bertz CT molecular complexity index is 502. The maximum Gasteiger partial charge on any atom is 0.358 e. The number of anilines is 1. The van der Waals surface area contributed by atoms with Crippen molar-refractivity contribution in [2.45, 2.75) is 31.7 Å². The number of ether oxygens (including phenoxy) is 1. The van der Waals surface area contributed by atoms with Gasteiger partial charge in [-0.05, 0) is 38.1 Å². The van der Waals surface area contributed by atoms with E-state index in [0.29, 0.717) is 12.0 Å². The number of hydrogen-bond donors (Lipinski definition) is 1. The second-order valence-corrected chi connectivity index (χ2v) is 5.81. The van der Waals surface area contributed by atoms with E-state index in [1.54, 1.807) is 6.20 Å². The molecule has 1 N–H and O–H groups in total. The first-order valence-electron chi connectivity index (χ1n) is 7.66. The van der Waals surface area contributed by atoms with Crippen LogP contribution in [0, 0.1) is 5.92 Å². The van der Waals surface area contributed by atoms with Gasteiger partial charge in [-0.1, -0.05) is 0 Å². The van der Waals surface area contributed by atoms with Crippen molar-refractivity contribution in [1.82, 2.24) is 15.3 Å². The fourth-order valence-electron chi connectivity index (χ4n) is 3.37. The molecular weight excluding hydrogens is 268 g/mol. The highest BCUT2D eigenvalue weighted by atomic mass is 16.5. The lowest BCUT2D eigenvalue weighted by atomic mass is 9.90. The maximum absolute atomic E-state index is 11.6. The number of nitrogens with one attached hydrogen (secondary N) is 1. The zero-order valence-corrected chi connectivity index (χ0v) is 12.4. The SMILES string of the molecule is COC(=O)c1cncc(N2CCCC(C3CCCN3)C2)n1. The van der Waals surface area contributed by atoms with Crippen LogP contribution in [0.3, 0.4) is 0 Å². The summed E-state index contributed by atoms with van der Waals surface area (Å²) < 4.78 is 4.71. The van der Waals surface area contributed by atoms with Gasteiger partial charge in [0.25, 0.3) is 0 Å². The van der Waals surface area contributed by atoms with E-state index in [1.165, 1.54) is 32.6 Å². The number of nitrogens with zero attached hydrogens (tertiary/aromatic N) is 3. The monoisotopic (exact) mass is 290 g/mol. The number of carbonyl (C=O) groups is 1. The van der Waals surface area contributed by atoms with Crippen LogP contribution in [0.2, 0.25) is 0 Å². The van der Waals surface area contributed by atoms with Crippen LogP contribution in [-0.4, -0.2) is 48.7 Å².